The Bertz CT molecular complexity index is 666. The van der Waals surface area contributed by atoms with E-state index in [2.05, 4.69) is 67.6 Å². The van der Waals surface area contributed by atoms with Crippen LogP contribution < -0.4 is 16.4 Å². The van der Waals surface area contributed by atoms with Crippen molar-refractivity contribution in [2.75, 3.05) is 11.9 Å². The second kappa shape index (κ2) is 9.77. The van der Waals surface area contributed by atoms with Crippen molar-refractivity contribution in [3.63, 3.8) is 0 Å². The monoisotopic (exact) mass is 452 g/mol. The molecule has 4 N–H and O–H groups in total. The first-order valence-corrected chi connectivity index (χ1v) is 8.32. The topological polar surface area (TPSA) is 62.4 Å². The van der Waals surface area contributed by atoms with Gasteiger partial charge in [-0.1, -0.05) is 48.0 Å². The maximum absolute atomic E-state index is 6.00. The van der Waals surface area contributed by atoms with E-state index in [0.717, 1.165) is 5.69 Å². The van der Waals surface area contributed by atoms with Crippen LogP contribution in [0, 0.1) is 6.92 Å². The van der Waals surface area contributed by atoms with Gasteiger partial charge >= 0.3 is 0 Å². The highest BCUT2D eigenvalue weighted by Gasteiger charge is 2.20. The molecule has 0 fully saturated rings. The van der Waals surface area contributed by atoms with E-state index < -0.39 is 0 Å². The molecule has 0 heterocycles. The van der Waals surface area contributed by atoms with Crippen LogP contribution in [0.3, 0.4) is 0 Å². The van der Waals surface area contributed by atoms with Gasteiger partial charge in [0.2, 0.25) is 0 Å². The van der Waals surface area contributed by atoms with E-state index in [9.17, 15) is 0 Å². The van der Waals surface area contributed by atoms with Crippen molar-refractivity contribution in [3.05, 3.63) is 65.7 Å². The van der Waals surface area contributed by atoms with Crippen LogP contribution >= 0.6 is 24.0 Å². The van der Waals surface area contributed by atoms with Crippen molar-refractivity contribution in [3.8, 4) is 0 Å². The largest absolute Gasteiger partial charge is 0.370 e. The maximum Gasteiger partial charge on any atom is 0.193 e. The quantitative estimate of drug-likeness (QED) is 0.344. The first-order chi connectivity index (χ1) is 11.4. The summed E-state index contributed by atoms with van der Waals surface area (Å²) >= 11 is 0. The number of halogens is 1. The summed E-state index contributed by atoms with van der Waals surface area (Å²) in [7, 11) is 0. The van der Waals surface area contributed by atoms with Gasteiger partial charge in [0.1, 0.15) is 0 Å². The lowest BCUT2D eigenvalue weighted by Gasteiger charge is -2.29. The smallest absolute Gasteiger partial charge is 0.193 e. The molecule has 0 aliphatic carbocycles. The summed E-state index contributed by atoms with van der Waals surface area (Å²) in [5, 5.41) is 6.74. The fourth-order valence-corrected chi connectivity index (χ4v) is 2.56. The number of benzene rings is 2. The summed E-state index contributed by atoms with van der Waals surface area (Å²) < 4.78 is 0. The number of hydrogen-bond donors (Lipinski definition) is 3. The van der Waals surface area contributed by atoms with Crippen molar-refractivity contribution in [2.24, 2.45) is 10.7 Å². The van der Waals surface area contributed by atoms with Crippen molar-refractivity contribution in [1.82, 2.24) is 5.32 Å². The molecule has 2 aromatic rings. The van der Waals surface area contributed by atoms with Crippen molar-refractivity contribution in [1.29, 1.82) is 0 Å². The molecule has 2 rings (SSSR count). The standard InChI is InChI=1S/C20H28N4.HI/c1-15-10-12-18(13-11-15)23-19(21)22-14-20(3,4)24-16(2)17-8-6-5-7-9-17;/h5-13,16,24H,14H2,1-4H3,(H3,21,22,23);1H. The van der Waals surface area contributed by atoms with Gasteiger partial charge in [-0.2, -0.15) is 0 Å². The molecule has 136 valence electrons. The highest BCUT2D eigenvalue weighted by atomic mass is 127. The van der Waals surface area contributed by atoms with E-state index >= 15 is 0 Å². The predicted molar refractivity (Wildman–Crippen MR) is 119 cm³/mol. The molecule has 0 aliphatic heterocycles. The molecule has 0 bridgehead atoms. The van der Waals surface area contributed by atoms with Gasteiger partial charge in [-0.25, -0.2) is 0 Å². The Morgan fingerprint density at radius 2 is 1.68 bits per heavy atom. The van der Waals surface area contributed by atoms with E-state index in [1.165, 1.54) is 11.1 Å². The summed E-state index contributed by atoms with van der Waals surface area (Å²) in [6.07, 6.45) is 0. The first-order valence-electron chi connectivity index (χ1n) is 8.32. The lowest BCUT2D eigenvalue weighted by atomic mass is 10.0. The molecule has 0 saturated carbocycles. The van der Waals surface area contributed by atoms with Gasteiger partial charge in [0.25, 0.3) is 0 Å². The number of nitrogens with two attached hydrogens (primary N) is 1. The maximum atomic E-state index is 6.00. The average molecular weight is 452 g/mol. The van der Waals surface area contributed by atoms with E-state index in [1.54, 1.807) is 0 Å². The van der Waals surface area contributed by atoms with Crippen LogP contribution in [0.4, 0.5) is 5.69 Å². The zero-order valence-corrected chi connectivity index (χ0v) is 17.7. The van der Waals surface area contributed by atoms with Gasteiger partial charge in [0.05, 0.1) is 6.54 Å². The summed E-state index contributed by atoms with van der Waals surface area (Å²) in [5.41, 5.74) is 9.28. The van der Waals surface area contributed by atoms with Gasteiger partial charge in [-0.05, 0) is 45.4 Å². The summed E-state index contributed by atoms with van der Waals surface area (Å²) in [4.78, 5) is 4.48. The Kier molecular flexibility index (Phi) is 8.38. The molecule has 5 heteroatoms. The van der Waals surface area contributed by atoms with Gasteiger partial charge in [-0.3, -0.25) is 4.99 Å². The Labute approximate surface area is 168 Å². The van der Waals surface area contributed by atoms with Crippen LogP contribution in [0.25, 0.3) is 0 Å². The average Bonchev–Trinajstić information content (AvgIpc) is 2.56. The SMILES string of the molecule is Cc1ccc(NC(N)=NCC(C)(C)NC(C)c2ccccc2)cc1.I. The van der Waals surface area contributed by atoms with E-state index in [-0.39, 0.29) is 35.6 Å². The molecule has 0 aliphatic rings. The molecule has 0 aromatic heterocycles. The molecule has 1 unspecified atom stereocenters. The number of anilines is 1. The molecule has 4 nitrogen and oxygen atoms in total. The number of aryl methyl sites for hydroxylation is 1. The van der Waals surface area contributed by atoms with E-state index in [0.29, 0.717) is 12.5 Å². The van der Waals surface area contributed by atoms with Crippen LogP contribution in [-0.2, 0) is 0 Å². The highest BCUT2D eigenvalue weighted by molar-refractivity contribution is 14.0. The summed E-state index contributed by atoms with van der Waals surface area (Å²) in [6.45, 7) is 9.08. The minimum atomic E-state index is -0.158. The van der Waals surface area contributed by atoms with Gasteiger partial charge in [0, 0.05) is 17.3 Å². The Morgan fingerprint density at radius 3 is 2.28 bits per heavy atom. The van der Waals surface area contributed by atoms with E-state index in [4.69, 9.17) is 5.73 Å². The number of guanidine groups is 1. The van der Waals surface area contributed by atoms with E-state index in [1.807, 2.05) is 30.3 Å². The third-order valence-electron chi connectivity index (χ3n) is 3.88. The molecule has 0 saturated heterocycles. The normalized spacial score (nSPS) is 13.0. The molecule has 2 aromatic carbocycles. The second-order valence-electron chi connectivity index (χ2n) is 6.85. The fraction of sp³-hybridized carbons (Fsp3) is 0.350. The van der Waals surface area contributed by atoms with Crippen molar-refractivity contribution >= 4 is 35.6 Å². The highest BCUT2D eigenvalue weighted by Crippen LogP contribution is 2.16. The van der Waals surface area contributed by atoms with Crippen LogP contribution in [0.1, 0.15) is 37.9 Å². The number of nitrogens with zero attached hydrogens (tertiary/aromatic N) is 1. The predicted octanol–water partition coefficient (Wildman–Crippen LogP) is 4.47. The molecular weight excluding hydrogens is 423 g/mol. The molecular formula is C20H29IN4. The number of nitrogens with one attached hydrogen (secondary N) is 2. The lowest BCUT2D eigenvalue weighted by Crippen LogP contribution is -2.44. The zero-order valence-electron chi connectivity index (χ0n) is 15.4. The third-order valence-corrected chi connectivity index (χ3v) is 3.88. The fourth-order valence-electron chi connectivity index (χ4n) is 2.56. The van der Waals surface area contributed by atoms with Crippen LogP contribution in [-0.4, -0.2) is 18.0 Å². The summed E-state index contributed by atoms with van der Waals surface area (Å²) in [6, 6.07) is 18.7. The zero-order chi connectivity index (χ0) is 17.6. The van der Waals surface area contributed by atoms with Crippen LogP contribution in [0.15, 0.2) is 59.6 Å². The number of hydrogen-bond acceptors (Lipinski definition) is 2. The molecule has 0 amide bonds. The summed E-state index contributed by atoms with van der Waals surface area (Å²) in [5.74, 6) is 0.432. The number of aliphatic imine (C=N–C) groups is 1. The van der Waals surface area contributed by atoms with Crippen molar-refractivity contribution < 1.29 is 0 Å². The van der Waals surface area contributed by atoms with Crippen LogP contribution in [0.2, 0.25) is 0 Å². The minimum absolute atomic E-state index is 0. The lowest BCUT2D eigenvalue weighted by molar-refractivity contribution is 0.357. The van der Waals surface area contributed by atoms with Crippen molar-refractivity contribution in [2.45, 2.75) is 39.3 Å². The Morgan fingerprint density at radius 1 is 1.08 bits per heavy atom. The first kappa shape index (κ1) is 21.4. The Hall–Kier alpha value is -1.60. The number of rotatable bonds is 6. The van der Waals surface area contributed by atoms with Crippen LogP contribution in [0.5, 0.6) is 0 Å². The molecule has 0 spiro atoms. The minimum Gasteiger partial charge on any atom is -0.370 e. The van der Waals surface area contributed by atoms with Gasteiger partial charge in [0.15, 0.2) is 5.96 Å². The molecule has 25 heavy (non-hydrogen) atoms. The third kappa shape index (κ3) is 7.44. The second-order valence-corrected chi connectivity index (χ2v) is 6.85. The molecule has 0 radical (unpaired) electrons. The molecule has 1 atom stereocenters. The van der Waals surface area contributed by atoms with Gasteiger partial charge in [-0.15, -0.1) is 24.0 Å². The van der Waals surface area contributed by atoms with Gasteiger partial charge < -0.3 is 16.4 Å². The Balaban J connectivity index is 0.00000312.